The Hall–Kier alpha value is -5.10. The van der Waals surface area contributed by atoms with Gasteiger partial charge in [-0.15, -0.1) is 9.42 Å². The number of hydrogen-bond donors (Lipinski definition) is 2. The molecule has 7 rings (SSSR count). The van der Waals surface area contributed by atoms with Crippen LogP contribution >= 0.6 is 8.25 Å². The lowest BCUT2D eigenvalue weighted by atomic mass is 9.77. The highest BCUT2D eigenvalue weighted by Gasteiger charge is 2.49. The van der Waals surface area contributed by atoms with Gasteiger partial charge >= 0.3 is 8.25 Å². The minimum atomic E-state index is -2.96. The number of alkyl halides is 1. The first-order chi connectivity index (χ1) is 24.5. The van der Waals surface area contributed by atoms with Gasteiger partial charge in [0, 0.05) is 4.57 Å². The summed E-state index contributed by atoms with van der Waals surface area (Å²) < 4.78 is 51.3. The van der Waals surface area contributed by atoms with Gasteiger partial charge in [-0.3, -0.25) is 4.57 Å². The van der Waals surface area contributed by atoms with E-state index < -0.39 is 45.0 Å². The number of methoxy groups -OCH3 is 1. The molecule has 0 bridgehead atoms. The molecule has 3 heterocycles. The predicted molar refractivity (Wildman–Crippen MR) is 184 cm³/mol. The lowest BCUT2D eigenvalue weighted by Gasteiger charge is -2.37. The Kier molecular flexibility index (Phi) is 9.88. The highest BCUT2D eigenvalue weighted by atomic mass is 31.1. The van der Waals surface area contributed by atoms with Gasteiger partial charge in [-0.05, 0) is 34.4 Å². The quantitative estimate of drug-likeness (QED) is 0.0992. The van der Waals surface area contributed by atoms with Crippen molar-refractivity contribution in [1.82, 2.24) is 19.5 Å². The van der Waals surface area contributed by atoms with Gasteiger partial charge < -0.3 is 19.5 Å². The summed E-state index contributed by atoms with van der Waals surface area (Å²) in [6, 6.07) is 37.5. The number of imidazole rings is 1. The lowest BCUT2D eigenvalue weighted by molar-refractivity contribution is -0.0729. The minimum absolute atomic E-state index is 0.0684. The molecular weight excluding hydrogens is 660 g/mol. The van der Waals surface area contributed by atoms with E-state index in [2.05, 4.69) is 51.7 Å². The fraction of sp³-hybridized carbons (Fsp3) is 0.216. The van der Waals surface area contributed by atoms with Crippen molar-refractivity contribution in [3.8, 4) is 5.75 Å². The highest BCUT2D eigenvalue weighted by Crippen LogP contribution is 2.42. The molecule has 2 aromatic heterocycles. The Labute approximate surface area is 288 Å². The van der Waals surface area contributed by atoms with Gasteiger partial charge in [0.15, 0.2) is 29.4 Å². The molecule has 1 saturated heterocycles. The molecule has 2 unspecified atom stereocenters. The first-order valence-corrected chi connectivity index (χ1v) is 17.1. The molecule has 1 aliphatic rings. The van der Waals surface area contributed by atoms with Crippen LogP contribution in [0.4, 0.5) is 10.2 Å². The van der Waals surface area contributed by atoms with Crippen molar-refractivity contribution >= 4 is 25.2 Å². The van der Waals surface area contributed by atoms with Gasteiger partial charge in [0.2, 0.25) is 0 Å². The van der Waals surface area contributed by atoms with Crippen molar-refractivity contribution in [3.05, 3.63) is 150 Å². The maximum Gasteiger partial charge on any atom is 0.694 e. The molecule has 0 radical (unpaired) electrons. The Balaban J connectivity index is 1.28. The average Bonchev–Trinajstić information content (AvgIpc) is 3.74. The summed E-state index contributed by atoms with van der Waals surface area (Å²) in [4.78, 5) is 23.2. The van der Waals surface area contributed by atoms with Crippen LogP contribution in [-0.4, -0.2) is 56.5 Å². The molecule has 0 saturated carbocycles. The monoisotopic (exact) mass is 694 g/mol. The third-order valence-electron chi connectivity index (χ3n) is 8.77. The molecule has 1 aliphatic heterocycles. The van der Waals surface area contributed by atoms with Gasteiger partial charge in [0.1, 0.15) is 36.4 Å². The zero-order valence-corrected chi connectivity index (χ0v) is 27.8. The van der Waals surface area contributed by atoms with Crippen molar-refractivity contribution < 1.29 is 32.6 Å². The summed E-state index contributed by atoms with van der Waals surface area (Å²) >= 11 is 0. The first kappa shape index (κ1) is 33.4. The van der Waals surface area contributed by atoms with Crippen molar-refractivity contribution in [2.24, 2.45) is 0 Å². The largest absolute Gasteiger partial charge is 0.694 e. The molecule has 6 aromatic rings. The molecule has 254 valence electrons. The van der Waals surface area contributed by atoms with Gasteiger partial charge in [0.25, 0.3) is 0 Å². The number of ether oxygens (including phenoxy) is 3. The molecule has 0 spiro atoms. The van der Waals surface area contributed by atoms with Crippen LogP contribution in [0.1, 0.15) is 28.5 Å². The van der Waals surface area contributed by atoms with E-state index in [1.807, 2.05) is 66.7 Å². The molecular formula is C37H34FN5O6P+. The molecule has 0 amide bonds. The highest BCUT2D eigenvalue weighted by molar-refractivity contribution is 7.32. The van der Waals surface area contributed by atoms with Crippen LogP contribution in [-0.2, 0) is 30.7 Å². The van der Waals surface area contributed by atoms with E-state index in [0.717, 1.165) is 22.3 Å². The smallest absolute Gasteiger partial charge is 0.497 e. The van der Waals surface area contributed by atoms with Crippen LogP contribution in [0.25, 0.3) is 11.2 Å². The second-order valence-electron chi connectivity index (χ2n) is 11.7. The number of benzene rings is 4. The molecule has 0 aliphatic carbocycles. The fourth-order valence-corrected chi connectivity index (χ4v) is 6.64. The zero-order valence-electron chi connectivity index (χ0n) is 27.0. The number of anilines is 1. The van der Waals surface area contributed by atoms with Crippen LogP contribution < -0.4 is 10.1 Å². The van der Waals surface area contributed by atoms with Crippen molar-refractivity contribution in [2.45, 2.75) is 36.8 Å². The Morgan fingerprint density at radius 3 is 2.04 bits per heavy atom. The average molecular weight is 695 g/mol. The number of hydrogen-bond acceptors (Lipinski definition) is 9. The van der Waals surface area contributed by atoms with Crippen molar-refractivity contribution in [1.29, 1.82) is 0 Å². The van der Waals surface area contributed by atoms with E-state index in [0.29, 0.717) is 22.7 Å². The van der Waals surface area contributed by atoms with Crippen LogP contribution in [0.2, 0.25) is 0 Å². The standard InChI is InChI=1S/C37H33FN5O6P/c1-46-29-19-17-25(18-20-29)21-47-33-31(38)30(22-48-50(44)45)49-36(33)43-24-41-32-34(39-23-40-35(32)43)42-37(26-11-5-2-6-12-26,27-13-7-3-8-14-27)28-15-9-4-10-16-28/h2-20,23-24,30-31,33,36H,21-22H2,1H3,(H-,39,40,42,44,45)/p+1/t30-,31+,33?,36-/m1/s1. The fourth-order valence-electron chi connectivity index (χ4n) is 6.37. The summed E-state index contributed by atoms with van der Waals surface area (Å²) in [7, 11) is -1.38. The molecule has 5 atom stereocenters. The second-order valence-corrected chi connectivity index (χ2v) is 12.4. The molecule has 4 aromatic carbocycles. The maximum absolute atomic E-state index is 16.0. The van der Waals surface area contributed by atoms with E-state index >= 15 is 4.39 Å². The Bertz CT molecular complexity index is 1940. The van der Waals surface area contributed by atoms with E-state index in [1.165, 1.54) is 12.7 Å². The molecule has 50 heavy (non-hydrogen) atoms. The normalized spacial score (nSPS) is 19.4. The third kappa shape index (κ3) is 6.59. The van der Waals surface area contributed by atoms with Gasteiger partial charge in [-0.25, -0.2) is 19.3 Å². The molecule has 11 nitrogen and oxygen atoms in total. The Morgan fingerprint density at radius 2 is 1.48 bits per heavy atom. The number of nitrogens with zero attached hydrogens (tertiary/aromatic N) is 4. The topological polar surface area (TPSA) is 130 Å². The number of rotatable bonds is 13. The van der Waals surface area contributed by atoms with Crippen LogP contribution in [0, 0.1) is 0 Å². The predicted octanol–water partition coefficient (Wildman–Crippen LogP) is 6.73. The number of fused-ring (bicyclic) bond motifs is 1. The second kappa shape index (κ2) is 14.8. The first-order valence-electron chi connectivity index (χ1n) is 15.9. The summed E-state index contributed by atoms with van der Waals surface area (Å²) in [5.74, 6) is 1.12. The number of nitrogens with one attached hydrogen (secondary N) is 1. The Morgan fingerprint density at radius 1 is 0.880 bits per heavy atom. The van der Waals surface area contributed by atoms with Crippen LogP contribution in [0.5, 0.6) is 5.75 Å². The molecule has 1 fully saturated rings. The van der Waals surface area contributed by atoms with Crippen LogP contribution in [0.3, 0.4) is 0 Å². The van der Waals surface area contributed by atoms with E-state index in [1.54, 1.807) is 23.8 Å². The third-order valence-corrected chi connectivity index (χ3v) is 9.14. The SMILES string of the molecule is COc1ccc(COC2[C@@H](F)[C@@H](CO[P+](=O)O)O[C@H]2n2cnc3c(NC(c4ccccc4)(c4ccccc4)c4ccccc4)ncnc32)cc1. The van der Waals surface area contributed by atoms with Crippen molar-refractivity contribution in [2.75, 3.05) is 19.0 Å². The maximum atomic E-state index is 16.0. The molecule has 2 N–H and O–H groups in total. The number of aromatic nitrogens is 4. The number of halogens is 1. The lowest BCUT2D eigenvalue weighted by Crippen LogP contribution is -2.38. The van der Waals surface area contributed by atoms with E-state index in [-0.39, 0.29) is 6.61 Å². The minimum Gasteiger partial charge on any atom is -0.497 e. The van der Waals surface area contributed by atoms with E-state index in [4.69, 9.17) is 23.7 Å². The van der Waals surface area contributed by atoms with E-state index in [9.17, 15) is 9.46 Å². The van der Waals surface area contributed by atoms with Gasteiger partial charge in [-0.1, -0.05) is 103 Å². The summed E-state index contributed by atoms with van der Waals surface area (Å²) in [5, 5.41) is 3.74. The summed E-state index contributed by atoms with van der Waals surface area (Å²) in [6.45, 7) is -0.382. The zero-order chi connectivity index (χ0) is 34.5. The van der Waals surface area contributed by atoms with Crippen molar-refractivity contribution in [3.63, 3.8) is 0 Å². The van der Waals surface area contributed by atoms with Gasteiger partial charge in [0.05, 0.1) is 20.0 Å². The summed E-state index contributed by atoms with van der Waals surface area (Å²) in [6.07, 6.45) is -2.14. The van der Waals surface area contributed by atoms with Crippen LogP contribution in [0.15, 0.2) is 128 Å². The molecule has 13 heteroatoms. The summed E-state index contributed by atoms with van der Waals surface area (Å²) in [5.41, 5.74) is 3.61. The van der Waals surface area contributed by atoms with Gasteiger partial charge in [-0.2, -0.15) is 0 Å².